The standard InChI is InChI=1S/C29H38N13O21P3/c30-12-1-2-40(29(48)37-12)26-17(45)19(10(60-26)4-56-64(49,50)51)62-66(54,55)58-5-11-20(18(46)27(61-11)42-8-36-14-23(42)38-28(32)39-24(14)47)63-65(52,53)57-3-9-15(43)16(44)25(59-9)41-7-35-13-21(31)33-6-34-22(13)41/h1-2,6-11,15-20,25-27,43-46H,3-5H2,(H,52,53)(H,54,55)(H2,30,37,48)(H2,31,33,34)(H2,49,50,51)(H3,32,38,39,47)/t9-,10-,11-,15-,16-,17-,18-,19-,20-,25-,26-,27-/m1/s1. The summed E-state index contributed by atoms with van der Waals surface area (Å²) in [6, 6.07) is 1.13. The van der Waals surface area contributed by atoms with Gasteiger partial charge in [0.15, 0.2) is 41.3 Å². The molecule has 0 saturated carbocycles. The second kappa shape index (κ2) is 18.0. The van der Waals surface area contributed by atoms with Gasteiger partial charge in [0.2, 0.25) is 5.95 Å². The van der Waals surface area contributed by atoms with Crippen LogP contribution in [0.5, 0.6) is 0 Å². The van der Waals surface area contributed by atoms with Crippen LogP contribution in [0.15, 0.2) is 40.8 Å². The molecule has 0 aromatic carbocycles. The van der Waals surface area contributed by atoms with Crippen molar-refractivity contribution < 1.29 is 90.5 Å². The number of anilines is 3. The third-order valence-electron chi connectivity index (χ3n) is 10.2. The molecule has 360 valence electrons. The lowest BCUT2D eigenvalue weighted by Gasteiger charge is -2.26. The number of nitrogens with one attached hydrogen (secondary N) is 1. The molecule has 15 N–H and O–H groups in total. The van der Waals surface area contributed by atoms with Crippen LogP contribution in [0.25, 0.3) is 22.3 Å². The molecular weight excluding hydrogens is 959 g/mol. The molecule has 0 spiro atoms. The Morgan fingerprint density at radius 3 is 1.79 bits per heavy atom. The molecular formula is C29H38N13O21P3. The first-order chi connectivity index (χ1) is 31.0. The highest BCUT2D eigenvalue weighted by Gasteiger charge is 2.53. The van der Waals surface area contributed by atoms with E-state index >= 15 is 0 Å². The maximum atomic E-state index is 13.5. The molecule has 5 aromatic heterocycles. The average Bonchev–Trinajstić information content (AvgIpc) is 4.04. The maximum absolute atomic E-state index is 13.5. The number of fused-ring (bicyclic) bond motifs is 2. The highest BCUT2D eigenvalue weighted by molar-refractivity contribution is 7.47. The van der Waals surface area contributed by atoms with Crippen LogP contribution in [0.1, 0.15) is 18.7 Å². The predicted octanol–water partition coefficient (Wildman–Crippen LogP) is -4.79. The van der Waals surface area contributed by atoms with Gasteiger partial charge in [-0.1, -0.05) is 0 Å². The zero-order valence-corrected chi connectivity index (χ0v) is 35.6. The molecule has 3 fully saturated rings. The first-order valence-corrected chi connectivity index (χ1v) is 23.2. The fourth-order valence-electron chi connectivity index (χ4n) is 7.20. The van der Waals surface area contributed by atoms with Gasteiger partial charge in [0.25, 0.3) is 5.56 Å². The monoisotopic (exact) mass is 997 g/mol. The number of hydrogen-bond donors (Lipinski definition) is 12. The lowest BCUT2D eigenvalue weighted by Crippen LogP contribution is -2.38. The number of aliphatic hydroxyl groups is 4. The second-order valence-electron chi connectivity index (χ2n) is 14.5. The fourth-order valence-corrected chi connectivity index (χ4v) is 9.47. The van der Waals surface area contributed by atoms with E-state index in [1.54, 1.807) is 0 Å². The van der Waals surface area contributed by atoms with E-state index < -0.39 is 134 Å². The highest BCUT2D eigenvalue weighted by Crippen LogP contribution is 2.52. The van der Waals surface area contributed by atoms with Crippen LogP contribution in [0, 0.1) is 0 Å². The number of nitrogens with zero attached hydrogens (tertiary/aromatic N) is 9. The maximum Gasteiger partial charge on any atom is 0.472 e. The van der Waals surface area contributed by atoms with Crippen molar-refractivity contribution in [2.24, 2.45) is 0 Å². The van der Waals surface area contributed by atoms with Crippen molar-refractivity contribution in [3.05, 3.63) is 52.1 Å². The summed E-state index contributed by atoms with van der Waals surface area (Å²) in [6.45, 7) is -3.22. The summed E-state index contributed by atoms with van der Waals surface area (Å²) in [5, 5.41) is 44.3. The van der Waals surface area contributed by atoms with E-state index in [2.05, 4.69) is 39.4 Å². The Morgan fingerprint density at radius 1 is 0.652 bits per heavy atom. The molecule has 66 heavy (non-hydrogen) atoms. The Balaban J connectivity index is 1.01. The number of aliphatic hydroxyl groups excluding tert-OH is 4. The predicted molar refractivity (Wildman–Crippen MR) is 210 cm³/mol. The van der Waals surface area contributed by atoms with Crippen molar-refractivity contribution in [3.63, 3.8) is 0 Å². The first-order valence-electron chi connectivity index (χ1n) is 18.7. The molecule has 3 saturated heterocycles. The minimum absolute atomic E-state index is 0.00115. The van der Waals surface area contributed by atoms with Gasteiger partial charge in [0.1, 0.15) is 72.6 Å². The number of rotatable bonds is 16. The van der Waals surface area contributed by atoms with Crippen molar-refractivity contribution in [1.82, 2.24) is 48.6 Å². The minimum Gasteiger partial charge on any atom is -0.387 e. The van der Waals surface area contributed by atoms with Gasteiger partial charge in [0, 0.05) is 6.20 Å². The summed E-state index contributed by atoms with van der Waals surface area (Å²) in [5.41, 5.74) is 14.8. The number of ether oxygens (including phenoxy) is 3. The van der Waals surface area contributed by atoms with Crippen molar-refractivity contribution in [1.29, 1.82) is 0 Å². The number of phosphoric ester groups is 3. The van der Waals surface area contributed by atoms with Crippen LogP contribution in [-0.4, -0.2) is 163 Å². The van der Waals surface area contributed by atoms with Gasteiger partial charge >= 0.3 is 29.2 Å². The summed E-state index contributed by atoms with van der Waals surface area (Å²) in [7, 11) is -16.2. The van der Waals surface area contributed by atoms with Gasteiger partial charge in [-0.3, -0.25) is 46.1 Å². The molecule has 3 aliphatic heterocycles. The normalized spacial score (nSPS) is 31.2. The van der Waals surface area contributed by atoms with Crippen molar-refractivity contribution in [2.75, 3.05) is 37.0 Å². The topological polar surface area (TPSA) is 507 Å². The lowest BCUT2D eigenvalue weighted by atomic mass is 10.1. The SMILES string of the molecule is Nc1ccn([C@@H]2O[C@H](COP(=O)(O)O)[C@@H](OP(=O)(O)OC[C@H]3O[C@@H](n4cnc5c(=O)[nH]c(N)nc54)[C@H](O)[C@@H]3OP(=O)(O)OC[C@H]3O[C@@H](n4cnc5c(N)ncnc54)[C@H](O)[C@@H]3O)[C@H]2O)c(=O)n1. The van der Waals surface area contributed by atoms with Crippen LogP contribution in [0.4, 0.5) is 17.6 Å². The smallest absolute Gasteiger partial charge is 0.387 e. The van der Waals surface area contributed by atoms with E-state index in [1.807, 2.05) is 0 Å². The number of aromatic nitrogens is 10. The van der Waals surface area contributed by atoms with Gasteiger partial charge in [0.05, 0.1) is 32.5 Å². The fraction of sp³-hybridized carbons (Fsp3) is 0.517. The van der Waals surface area contributed by atoms with Gasteiger partial charge < -0.3 is 71.4 Å². The van der Waals surface area contributed by atoms with Gasteiger partial charge in [-0.15, -0.1) is 0 Å². The first kappa shape index (κ1) is 47.7. The molecule has 14 atom stereocenters. The molecule has 0 bridgehead atoms. The molecule has 8 rings (SSSR count). The Labute approximate surface area is 364 Å². The number of phosphoric acid groups is 3. The number of hydrogen-bond acceptors (Lipinski definition) is 26. The summed E-state index contributed by atoms with van der Waals surface area (Å²) < 4.78 is 83.7. The third kappa shape index (κ3) is 9.65. The van der Waals surface area contributed by atoms with Crippen LogP contribution in [0.3, 0.4) is 0 Å². The lowest BCUT2D eigenvalue weighted by molar-refractivity contribution is -0.0618. The number of H-pyrrole nitrogens is 1. The van der Waals surface area contributed by atoms with E-state index in [-0.39, 0.29) is 34.0 Å². The number of nitrogens with two attached hydrogens (primary N) is 3. The molecule has 5 aromatic rings. The van der Waals surface area contributed by atoms with E-state index in [0.29, 0.717) is 4.57 Å². The zero-order valence-electron chi connectivity index (χ0n) is 32.9. The Bertz CT molecular complexity index is 2880. The molecule has 2 unspecified atom stereocenters. The van der Waals surface area contributed by atoms with E-state index in [1.165, 1.54) is 10.9 Å². The van der Waals surface area contributed by atoms with Crippen molar-refractivity contribution in [2.45, 2.75) is 73.6 Å². The van der Waals surface area contributed by atoms with Gasteiger partial charge in [-0.25, -0.2) is 38.4 Å². The van der Waals surface area contributed by atoms with Crippen molar-refractivity contribution in [3.8, 4) is 0 Å². The minimum atomic E-state index is -5.56. The van der Waals surface area contributed by atoms with Crippen LogP contribution < -0.4 is 28.5 Å². The van der Waals surface area contributed by atoms with E-state index in [9.17, 15) is 63.3 Å². The Morgan fingerprint density at radius 2 is 1.18 bits per heavy atom. The van der Waals surface area contributed by atoms with Crippen LogP contribution in [0.2, 0.25) is 0 Å². The Hall–Kier alpha value is -4.77. The highest BCUT2D eigenvalue weighted by atomic mass is 31.2. The van der Waals surface area contributed by atoms with E-state index in [0.717, 1.165) is 29.5 Å². The summed E-state index contributed by atoms with van der Waals surface area (Å²) in [6.07, 6.45) is -17.5. The molecule has 34 nitrogen and oxygen atoms in total. The quantitative estimate of drug-likeness (QED) is 0.0413. The van der Waals surface area contributed by atoms with Gasteiger partial charge in [-0.2, -0.15) is 9.97 Å². The van der Waals surface area contributed by atoms with Crippen LogP contribution >= 0.6 is 23.5 Å². The molecule has 0 radical (unpaired) electrons. The number of aromatic amines is 1. The summed E-state index contributed by atoms with van der Waals surface area (Å²) >= 11 is 0. The molecule has 0 aliphatic carbocycles. The summed E-state index contributed by atoms with van der Waals surface area (Å²) in [5.74, 6) is -0.626. The molecule has 37 heteroatoms. The average molecular weight is 998 g/mol. The second-order valence-corrected chi connectivity index (χ2v) is 18.6. The number of nitrogen functional groups attached to an aromatic ring is 3. The largest absolute Gasteiger partial charge is 0.472 e. The van der Waals surface area contributed by atoms with Crippen molar-refractivity contribution >= 4 is 63.4 Å². The number of imidazole rings is 2. The third-order valence-corrected chi connectivity index (χ3v) is 12.6. The van der Waals surface area contributed by atoms with E-state index in [4.69, 9.17) is 49.5 Å². The summed E-state index contributed by atoms with van der Waals surface area (Å²) in [4.78, 5) is 91.0. The van der Waals surface area contributed by atoms with Crippen LogP contribution in [-0.2, 0) is 50.5 Å². The molecule has 0 amide bonds. The Kier molecular flexibility index (Phi) is 13.0. The molecule has 8 heterocycles. The zero-order chi connectivity index (χ0) is 47.6. The molecule has 3 aliphatic rings. The van der Waals surface area contributed by atoms with Gasteiger partial charge in [-0.05, 0) is 6.07 Å².